The second-order valence-corrected chi connectivity index (χ2v) is 7.93. The molecule has 2 fully saturated rings. The molecule has 0 bridgehead atoms. The molecule has 8 heteroatoms. The maximum Gasteiger partial charge on any atom is 0.270 e. The molecule has 0 unspecified atom stereocenters. The summed E-state index contributed by atoms with van der Waals surface area (Å²) in [5, 5.41) is 2.67. The molecular formula is C21H18BrN3O3S. The number of thiocarbonyl (C=S) groups is 1. The minimum atomic E-state index is -0.497. The molecule has 2 aliphatic heterocycles. The number of benzene rings is 2. The molecule has 2 aliphatic rings. The normalized spacial score (nSPS) is 18.9. The van der Waals surface area contributed by atoms with Crippen LogP contribution in [0.1, 0.15) is 5.56 Å². The molecule has 0 radical (unpaired) electrons. The molecular weight excluding hydrogens is 454 g/mol. The van der Waals surface area contributed by atoms with E-state index in [1.807, 2.05) is 30.3 Å². The van der Waals surface area contributed by atoms with Crippen LogP contribution in [-0.4, -0.2) is 43.2 Å². The van der Waals surface area contributed by atoms with Gasteiger partial charge in [-0.15, -0.1) is 0 Å². The first-order valence-corrected chi connectivity index (χ1v) is 10.3. The zero-order chi connectivity index (χ0) is 20.4. The summed E-state index contributed by atoms with van der Waals surface area (Å²) in [6.45, 7) is 3.12. The molecule has 2 heterocycles. The van der Waals surface area contributed by atoms with Crippen molar-refractivity contribution in [3.05, 3.63) is 64.1 Å². The fourth-order valence-electron chi connectivity index (χ4n) is 3.28. The van der Waals surface area contributed by atoms with Crippen molar-refractivity contribution in [1.82, 2.24) is 5.32 Å². The van der Waals surface area contributed by atoms with Crippen molar-refractivity contribution in [2.24, 2.45) is 0 Å². The number of nitrogens with one attached hydrogen (secondary N) is 1. The predicted molar refractivity (Wildman–Crippen MR) is 120 cm³/mol. The van der Waals surface area contributed by atoms with E-state index < -0.39 is 11.8 Å². The second-order valence-electron chi connectivity index (χ2n) is 6.63. The van der Waals surface area contributed by atoms with Crippen LogP contribution in [0, 0.1) is 0 Å². The van der Waals surface area contributed by atoms with Gasteiger partial charge < -0.3 is 9.64 Å². The highest BCUT2D eigenvalue weighted by Gasteiger charge is 2.34. The van der Waals surface area contributed by atoms with Gasteiger partial charge in [-0.3, -0.25) is 19.8 Å². The molecule has 2 saturated heterocycles. The van der Waals surface area contributed by atoms with Crippen LogP contribution >= 0.6 is 28.1 Å². The lowest BCUT2D eigenvalue weighted by Crippen LogP contribution is -2.54. The van der Waals surface area contributed by atoms with Crippen molar-refractivity contribution in [3.63, 3.8) is 0 Å². The summed E-state index contributed by atoms with van der Waals surface area (Å²) in [6, 6.07) is 15.0. The van der Waals surface area contributed by atoms with Gasteiger partial charge in [0.2, 0.25) is 0 Å². The number of hydrogen-bond donors (Lipinski definition) is 1. The largest absolute Gasteiger partial charge is 0.378 e. The summed E-state index contributed by atoms with van der Waals surface area (Å²) < 4.78 is 6.19. The molecule has 0 saturated carbocycles. The standard InChI is InChI=1S/C21H18BrN3O3S/c22-15-2-1-3-17(13-15)25-20(27)18(19(26)23-21(25)29)12-14-4-6-16(7-5-14)24-8-10-28-11-9-24/h1-7,12-13H,8-11H2,(H,23,26,29)/b18-12+. The van der Waals surface area contributed by atoms with Gasteiger partial charge in [0.25, 0.3) is 11.8 Å². The number of rotatable bonds is 3. The Morgan fingerprint density at radius 1 is 1.03 bits per heavy atom. The van der Waals surface area contributed by atoms with Crippen LogP contribution in [0.15, 0.2) is 58.6 Å². The van der Waals surface area contributed by atoms with E-state index in [2.05, 4.69) is 26.1 Å². The average Bonchev–Trinajstić information content (AvgIpc) is 2.72. The number of hydrogen-bond acceptors (Lipinski definition) is 5. The summed E-state index contributed by atoms with van der Waals surface area (Å²) in [4.78, 5) is 29.1. The van der Waals surface area contributed by atoms with Crippen LogP contribution in [0.2, 0.25) is 0 Å². The van der Waals surface area contributed by atoms with Gasteiger partial charge >= 0.3 is 0 Å². The van der Waals surface area contributed by atoms with Gasteiger partial charge in [0, 0.05) is 23.2 Å². The highest BCUT2D eigenvalue weighted by molar-refractivity contribution is 9.10. The van der Waals surface area contributed by atoms with Gasteiger partial charge in [-0.25, -0.2) is 0 Å². The zero-order valence-corrected chi connectivity index (χ0v) is 17.8. The highest BCUT2D eigenvalue weighted by Crippen LogP contribution is 2.25. The number of nitrogens with zero attached hydrogens (tertiary/aromatic N) is 2. The lowest BCUT2D eigenvalue weighted by molar-refractivity contribution is -0.122. The average molecular weight is 472 g/mol. The third kappa shape index (κ3) is 4.24. The Balaban J connectivity index is 1.60. The summed E-state index contributed by atoms with van der Waals surface area (Å²) in [5.74, 6) is -0.947. The predicted octanol–water partition coefficient (Wildman–Crippen LogP) is 3.12. The minimum absolute atomic E-state index is 0.0395. The monoisotopic (exact) mass is 471 g/mol. The van der Waals surface area contributed by atoms with E-state index in [9.17, 15) is 9.59 Å². The molecule has 2 amide bonds. The van der Waals surface area contributed by atoms with Crippen LogP contribution in [0.25, 0.3) is 6.08 Å². The lowest BCUT2D eigenvalue weighted by Gasteiger charge is -2.29. The van der Waals surface area contributed by atoms with Crippen molar-refractivity contribution in [1.29, 1.82) is 0 Å². The van der Waals surface area contributed by atoms with Crippen molar-refractivity contribution in [3.8, 4) is 0 Å². The molecule has 6 nitrogen and oxygen atoms in total. The van der Waals surface area contributed by atoms with Gasteiger partial charge in [0.1, 0.15) is 5.57 Å². The molecule has 2 aromatic carbocycles. The number of amides is 2. The van der Waals surface area contributed by atoms with Gasteiger partial charge in [-0.1, -0.05) is 34.1 Å². The minimum Gasteiger partial charge on any atom is -0.378 e. The van der Waals surface area contributed by atoms with Gasteiger partial charge in [0.05, 0.1) is 18.9 Å². The molecule has 4 rings (SSSR count). The Kier molecular flexibility index (Phi) is 5.75. The van der Waals surface area contributed by atoms with Crippen molar-refractivity contribution >= 4 is 62.5 Å². The maximum atomic E-state index is 13.0. The van der Waals surface area contributed by atoms with Crippen LogP contribution in [0.3, 0.4) is 0 Å². The van der Waals surface area contributed by atoms with E-state index in [-0.39, 0.29) is 10.7 Å². The quantitative estimate of drug-likeness (QED) is 0.423. The van der Waals surface area contributed by atoms with Crippen LogP contribution in [-0.2, 0) is 14.3 Å². The van der Waals surface area contributed by atoms with E-state index in [0.717, 1.165) is 28.8 Å². The molecule has 0 aromatic heterocycles. The molecule has 0 aliphatic carbocycles. The molecule has 148 valence electrons. The Morgan fingerprint density at radius 3 is 2.45 bits per heavy atom. The summed E-state index contributed by atoms with van der Waals surface area (Å²) in [7, 11) is 0. The van der Waals surface area contributed by atoms with Crippen molar-refractivity contribution in [2.75, 3.05) is 36.1 Å². The van der Waals surface area contributed by atoms with E-state index in [1.165, 1.54) is 4.90 Å². The number of carbonyl (C=O) groups excluding carboxylic acids is 2. The van der Waals surface area contributed by atoms with Crippen molar-refractivity contribution in [2.45, 2.75) is 0 Å². The first kappa shape index (κ1) is 19.8. The topological polar surface area (TPSA) is 61.9 Å². The lowest BCUT2D eigenvalue weighted by atomic mass is 10.1. The van der Waals surface area contributed by atoms with Crippen LogP contribution in [0.5, 0.6) is 0 Å². The van der Waals surface area contributed by atoms with Crippen LogP contribution in [0.4, 0.5) is 11.4 Å². The number of morpholine rings is 1. The van der Waals surface area contributed by atoms with Gasteiger partial charge in [0.15, 0.2) is 5.11 Å². The van der Waals surface area contributed by atoms with E-state index >= 15 is 0 Å². The Morgan fingerprint density at radius 2 is 1.76 bits per heavy atom. The smallest absolute Gasteiger partial charge is 0.270 e. The summed E-state index contributed by atoms with van der Waals surface area (Å²) in [5.41, 5.74) is 2.48. The Labute approximate surface area is 182 Å². The summed E-state index contributed by atoms with van der Waals surface area (Å²) in [6.07, 6.45) is 1.59. The second kappa shape index (κ2) is 8.44. The number of carbonyl (C=O) groups is 2. The third-order valence-corrected chi connectivity index (χ3v) is 5.53. The molecule has 0 atom stereocenters. The van der Waals surface area contributed by atoms with Gasteiger partial charge in [-0.05, 0) is 54.2 Å². The number of halogens is 1. The zero-order valence-electron chi connectivity index (χ0n) is 15.4. The first-order chi connectivity index (χ1) is 14.0. The SMILES string of the molecule is O=C1NC(=S)N(c2cccc(Br)c2)C(=O)/C1=C/c1ccc(N2CCOCC2)cc1. The fourth-order valence-corrected chi connectivity index (χ4v) is 3.94. The van der Waals surface area contributed by atoms with E-state index in [4.69, 9.17) is 17.0 Å². The third-order valence-electron chi connectivity index (χ3n) is 4.75. The first-order valence-electron chi connectivity index (χ1n) is 9.13. The maximum absolute atomic E-state index is 13.0. The van der Waals surface area contributed by atoms with Gasteiger partial charge in [-0.2, -0.15) is 0 Å². The van der Waals surface area contributed by atoms with Crippen LogP contribution < -0.4 is 15.1 Å². The van der Waals surface area contributed by atoms with Crippen molar-refractivity contribution < 1.29 is 14.3 Å². The Bertz CT molecular complexity index is 1000. The molecule has 29 heavy (non-hydrogen) atoms. The Hall–Kier alpha value is -2.55. The fraction of sp³-hybridized carbons (Fsp3) is 0.190. The summed E-state index contributed by atoms with van der Waals surface area (Å²) >= 11 is 8.62. The number of anilines is 2. The highest BCUT2D eigenvalue weighted by atomic mass is 79.9. The number of ether oxygens (including phenoxy) is 1. The molecule has 2 aromatic rings. The van der Waals surface area contributed by atoms with E-state index in [0.29, 0.717) is 18.9 Å². The van der Waals surface area contributed by atoms with E-state index in [1.54, 1.807) is 24.3 Å². The molecule has 0 spiro atoms. The molecule has 1 N–H and O–H groups in total.